The molecule has 0 unspecified atom stereocenters. The highest BCUT2D eigenvalue weighted by molar-refractivity contribution is 6.30. The molecule has 1 amide bonds. The van der Waals surface area contributed by atoms with E-state index in [2.05, 4.69) is 36.1 Å². The first-order valence-corrected chi connectivity index (χ1v) is 10.7. The van der Waals surface area contributed by atoms with Gasteiger partial charge in [0.2, 0.25) is 0 Å². The molecule has 2 aromatic carbocycles. The number of H-pyrrole nitrogens is 1. The number of halogens is 1. The summed E-state index contributed by atoms with van der Waals surface area (Å²) in [6.45, 7) is 5.93. The smallest absolute Gasteiger partial charge is 0.412 e. The Hall–Kier alpha value is -3.85. The molecular formula is C23H24ClN7O2. The Morgan fingerprint density at radius 1 is 1.06 bits per heavy atom. The number of ether oxygens (including phenoxy) is 1. The van der Waals surface area contributed by atoms with E-state index in [1.165, 1.54) is 6.33 Å². The Morgan fingerprint density at radius 2 is 1.85 bits per heavy atom. The van der Waals surface area contributed by atoms with Crippen molar-refractivity contribution in [3.63, 3.8) is 0 Å². The van der Waals surface area contributed by atoms with E-state index in [0.717, 1.165) is 16.6 Å². The van der Waals surface area contributed by atoms with E-state index in [4.69, 9.17) is 16.3 Å². The van der Waals surface area contributed by atoms with Crippen molar-refractivity contribution in [3.8, 4) is 0 Å². The van der Waals surface area contributed by atoms with Crippen LogP contribution in [0.2, 0.25) is 5.02 Å². The number of fused-ring (bicyclic) bond motifs is 1. The molecule has 2 heterocycles. The Balaban J connectivity index is 1.49. The van der Waals surface area contributed by atoms with Gasteiger partial charge in [0.15, 0.2) is 11.5 Å². The summed E-state index contributed by atoms with van der Waals surface area (Å²) >= 11 is 6.10. The van der Waals surface area contributed by atoms with Crippen LogP contribution in [0.25, 0.3) is 11.0 Å². The van der Waals surface area contributed by atoms with Crippen LogP contribution in [0.4, 0.5) is 27.8 Å². The van der Waals surface area contributed by atoms with Crippen molar-refractivity contribution in [3.05, 3.63) is 65.4 Å². The van der Waals surface area contributed by atoms with Crippen LogP contribution in [-0.2, 0) is 11.3 Å². The second-order valence-electron chi connectivity index (χ2n) is 8.33. The maximum atomic E-state index is 12.0. The Bertz CT molecular complexity index is 1280. The molecule has 4 rings (SSSR count). The number of anilines is 4. The molecule has 0 atom stereocenters. The fraction of sp³-hybridized carbons (Fsp3) is 0.217. The lowest BCUT2D eigenvalue weighted by Gasteiger charge is -2.19. The first kappa shape index (κ1) is 22.3. The van der Waals surface area contributed by atoms with Gasteiger partial charge in [0, 0.05) is 22.9 Å². The lowest BCUT2D eigenvalue weighted by molar-refractivity contribution is 0.0636. The van der Waals surface area contributed by atoms with Gasteiger partial charge >= 0.3 is 6.09 Å². The van der Waals surface area contributed by atoms with Gasteiger partial charge in [-0.15, -0.1) is 0 Å². The normalized spacial score (nSPS) is 11.3. The highest BCUT2D eigenvalue weighted by atomic mass is 35.5. The van der Waals surface area contributed by atoms with Gasteiger partial charge < -0.3 is 15.4 Å². The Kier molecular flexibility index (Phi) is 6.32. The van der Waals surface area contributed by atoms with E-state index in [1.807, 2.05) is 57.2 Å². The summed E-state index contributed by atoms with van der Waals surface area (Å²) in [6, 6.07) is 14.9. The molecule has 0 aliphatic heterocycles. The maximum Gasteiger partial charge on any atom is 0.412 e. The molecule has 0 aliphatic carbocycles. The van der Waals surface area contributed by atoms with E-state index >= 15 is 0 Å². The third-order valence-electron chi connectivity index (χ3n) is 4.48. The topological polar surface area (TPSA) is 117 Å². The van der Waals surface area contributed by atoms with Crippen molar-refractivity contribution in [2.45, 2.75) is 32.9 Å². The number of benzene rings is 2. The SMILES string of the molecule is CC(C)(C)OC(=O)Nc1cccc(CNc2n[nH]c3ncnc(Nc4cccc(Cl)c4)c23)c1. The van der Waals surface area contributed by atoms with Gasteiger partial charge in [-0.1, -0.05) is 29.8 Å². The fourth-order valence-corrected chi connectivity index (χ4v) is 3.34. The minimum atomic E-state index is -0.566. The number of hydrogen-bond donors (Lipinski definition) is 4. The van der Waals surface area contributed by atoms with Gasteiger partial charge in [-0.3, -0.25) is 10.4 Å². The zero-order valence-electron chi connectivity index (χ0n) is 18.4. The molecule has 9 nitrogen and oxygen atoms in total. The van der Waals surface area contributed by atoms with Gasteiger partial charge in [-0.2, -0.15) is 5.10 Å². The number of rotatable bonds is 6. The van der Waals surface area contributed by atoms with Crippen LogP contribution in [0.1, 0.15) is 26.3 Å². The number of hydrogen-bond acceptors (Lipinski definition) is 7. The standard InChI is InChI=1S/C23H24ClN7O2/c1-23(2,3)33-22(32)29-16-8-4-6-14(10-16)12-25-20-18-19(26-13-27-21(18)31-30-20)28-17-9-5-7-15(24)11-17/h4-11,13H,12H2,1-3H3,(H,29,32)(H3,25,26,27,28,30,31). The predicted octanol–water partition coefficient (Wildman–Crippen LogP) is 5.71. The Labute approximate surface area is 195 Å². The highest BCUT2D eigenvalue weighted by Gasteiger charge is 2.16. The molecule has 170 valence electrons. The van der Waals surface area contributed by atoms with Crippen molar-refractivity contribution in [2.75, 3.05) is 16.0 Å². The summed E-state index contributed by atoms with van der Waals surface area (Å²) in [6.07, 6.45) is 0.961. The van der Waals surface area contributed by atoms with Gasteiger partial charge in [0.1, 0.15) is 23.1 Å². The molecule has 0 bridgehead atoms. The molecule has 0 saturated carbocycles. The van der Waals surface area contributed by atoms with Gasteiger partial charge in [-0.25, -0.2) is 14.8 Å². The molecule has 0 fully saturated rings. The molecule has 4 N–H and O–H groups in total. The summed E-state index contributed by atoms with van der Waals surface area (Å²) in [7, 11) is 0. The van der Waals surface area contributed by atoms with Crippen molar-refractivity contribution < 1.29 is 9.53 Å². The lowest BCUT2D eigenvalue weighted by atomic mass is 10.2. The van der Waals surface area contributed by atoms with Crippen LogP contribution >= 0.6 is 11.6 Å². The second kappa shape index (κ2) is 9.33. The third kappa shape index (κ3) is 5.89. The van der Waals surface area contributed by atoms with Gasteiger partial charge in [-0.05, 0) is 56.7 Å². The van der Waals surface area contributed by atoms with Crippen LogP contribution in [0.15, 0.2) is 54.9 Å². The lowest BCUT2D eigenvalue weighted by Crippen LogP contribution is -2.27. The first-order chi connectivity index (χ1) is 15.8. The van der Waals surface area contributed by atoms with Gasteiger partial charge in [0.25, 0.3) is 0 Å². The monoisotopic (exact) mass is 465 g/mol. The summed E-state index contributed by atoms with van der Waals surface area (Å²) in [5.41, 5.74) is 2.42. The first-order valence-electron chi connectivity index (χ1n) is 10.3. The van der Waals surface area contributed by atoms with Crippen molar-refractivity contribution in [1.82, 2.24) is 20.2 Å². The highest BCUT2D eigenvalue weighted by Crippen LogP contribution is 2.29. The van der Waals surface area contributed by atoms with Crippen LogP contribution < -0.4 is 16.0 Å². The molecule has 10 heteroatoms. The average Bonchev–Trinajstić information content (AvgIpc) is 3.15. The predicted molar refractivity (Wildman–Crippen MR) is 130 cm³/mol. The third-order valence-corrected chi connectivity index (χ3v) is 4.71. The van der Waals surface area contributed by atoms with Crippen LogP contribution in [-0.4, -0.2) is 31.9 Å². The molecule has 0 saturated heterocycles. The van der Waals surface area contributed by atoms with E-state index < -0.39 is 11.7 Å². The van der Waals surface area contributed by atoms with Crippen LogP contribution in [0, 0.1) is 0 Å². The zero-order valence-corrected chi connectivity index (χ0v) is 19.2. The minimum Gasteiger partial charge on any atom is -0.444 e. The number of amides is 1. The average molecular weight is 466 g/mol. The van der Waals surface area contributed by atoms with Crippen LogP contribution in [0.3, 0.4) is 0 Å². The van der Waals surface area contributed by atoms with Gasteiger partial charge in [0.05, 0.1) is 0 Å². The van der Waals surface area contributed by atoms with Crippen LogP contribution in [0.5, 0.6) is 0 Å². The number of carbonyl (C=O) groups excluding carboxylic acids is 1. The largest absolute Gasteiger partial charge is 0.444 e. The zero-order chi connectivity index (χ0) is 23.4. The number of nitrogens with one attached hydrogen (secondary N) is 4. The minimum absolute atomic E-state index is 0.468. The fourth-order valence-electron chi connectivity index (χ4n) is 3.15. The molecule has 0 aliphatic rings. The molecule has 4 aromatic rings. The molecule has 0 radical (unpaired) electrons. The molecular weight excluding hydrogens is 442 g/mol. The van der Waals surface area contributed by atoms with Crippen molar-refractivity contribution in [1.29, 1.82) is 0 Å². The maximum absolute atomic E-state index is 12.0. The number of nitrogens with zero attached hydrogens (tertiary/aromatic N) is 3. The van der Waals surface area contributed by atoms with E-state index in [9.17, 15) is 4.79 Å². The summed E-state index contributed by atoms with van der Waals surface area (Å²) in [5, 5.41) is 17.9. The molecule has 33 heavy (non-hydrogen) atoms. The van der Waals surface area contributed by atoms with Crippen molar-refractivity contribution in [2.24, 2.45) is 0 Å². The second-order valence-corrected chi connectivity index (χ2v) is 8.77. The number of aromatic amines is 1. The number of aromatic nitrogens is 4. The Morgan fingerprint density at radius 3 is 2.64 bits per heavy atom. The van der Waals surface area contributed by atoms with E-state index in [-0.39, 0.29) is 0 Å². The molecule has 2 aromatic heterocycles. The van der Waals surface area contributed by atoms with E-state index in [1.54, 1.807) is 12.1 Å². The summed E-state index contributed by atoms with van der Waals surface area (Å²) in [5.74, 6) is 1.19. The quantitative estimate of drug-likeness (QED) is 0.288. The van der Waals surface area contributed by atoms with E-state index in [0.29, 0.717) is 34.5 Å². The molecule has 0 spiro atoms. The number of carbonyl (C=O) groups is 1. The summed E-state index contributed by atoms with van der Waals surface area (Å²) in [4.78, 5) is 20.7. The van der Waals surface area contributed by atoms with Crippen molar-refractivity contribution >= 4 is 51.7 Å². The summed E-state index contributed by atoms with van der Waals surface area (Å²) < 4.78 is 5.31.